The van der Waals surface area contributed by atoms with Gasteiger partial charge in [-0.1, -0.05) is 11.6 Å². The molecule has 12 heavy (non-hydrogen) atoms. The first-order valence-electron chi connectivity index (χ1n) is 3.36. The molecule has 0 amide bonds. The van der Waals surface area contributed by atoms with E-state index in [1.165, 1.54) is 7.11 Å². The van der Waals surface area contributed by atoms with E-state index < -0.39 is 0 Å². The van der Waals surface area contributed by atoms with Crippen molar-refractivity contribution >= 4 is 11.6 Å². The van der Waals surface area contributed by atoms with Crippen LogP contribution < -0.4 is 4.74 Å². The molecule has 0 fully saturated rings. The number of halogens is 1. The van der Waals surface area contributed by atoms with E-state index in [1.54, 1.807) is 12.1 Å². The lowest BCUT2D eigenvalue weighted by molar-refractivity contribution is 0.275. The number of hydrogen-bond acceptors (Lipinski definition) is 3. The fraction of sp³-hybridized carbons (Fsp3) is 0.250. The van der Waals surface area contributed by atoms with Crippen LogP contribution in [0.3, 0.4) is 0 Å². The summed E-state index contributed by atoms with van der Waals surface area (Å²) in [7, 11) is 1.46. The number of methoxy groups -OCH3 is 1. The highest BCUT2D eigenvalue weighted by atomic mass is 35.5. The lowest BCUT2D eigenvalue weighted by atomic mass is 10.2. The van der Waals surface area contributed by atoms with Gasteiger partial charge < -0.3 is 14.9 Å². The van der Waals surface area contributed by atoms with Gasteiger partial charge in [0.15, 0.2) is 0 Å². The van der Waals surface area contributed by atoms with Crippen LogP contribution in [0.2, 0.25) is 5.02 Å². The van der Waals surface area contributed by atoms with Crippen LogP contribution in [0.1, 0.15) is 5.56 Å². The van der Waals surface area contributed by atoms with Crippen molar-refractivity contribution in [2.45, 2.75) is 6.61 Å². The Bertz CT molecular complexity index is 257. The zero-order valence-corrected chi connectivity index (χ0v) is 7.30. The molecule has 1 rings (SSSR count). The number of aromatic hydroxyl groups is 1. The monoisotopic (exact) mass is 188 g/mol. The molecule has 0 unspecified atom stereocenters. The van der Waals surface area contributed by atoms with Gasteiger partial charge in [-0.25, -0.2) is 0 Å². The van der Waals surface area contributed by atoms with E-state index in [4.69, 9.17) is 21.4 Å². The lowest BCUT2D eigenvalue weighted by Gasteiger charge is -2.07. The van der Waals surface area contributed by atoms with Gasteiger partial charge >= 0.3 is 0 Å². The Morgan fingerprint density at radius 3 is 2.67 bits per heavy atom. The zero-order chi connectivity index (χ0) is 9.14. The summed E-state index contributed by atoms with van der Waals surface area (Å²) < 4.78 is 4.85. The minimum absolute atomic E-state index is 0.126. The second-order valence-electron chi connectivity index (χ2n) is 2.25. The summed E-state index contributed by atoms with van der Waals surface area (Å²) in [5, 5.41) is 18.2. The van der Waals surface area contributed by atoms with Crippen molar-refractivity contribution < 1.29 is 14.9 Å². The van der Waals surface area contributed by atoms with Crippen molar-refractivity contribution in [1.82, 2.24) is 0 Å². The summed E-state index contributed by atoms with van der Waals surface area (Å²) in [6.45, 7) is -0.241. The Morgan fingerprint density at radius 1 is 1.50 bits per heavy atom. The van der Waals surface area contributed by atoms with Crippen LogP contribution in [0.15, 0.2) is 12.1 Å². The molecular weight excluding hydrogens is 180 g/mol. The molecule has 66 valence electrons. The Kier molecular flexibility index (Phi) is 2.78. The minimum Gasteiger partial charge on any atom is -0.506 e. The molecule has 0 saturated carbocycles. The van der Waals surface area contributed by atoms with Crippen LogP contribution in [-0.2, 0) is 6.61 Å². The van der Waals surface area contributed by atoms with Crippen LogP contribution >= 0.6 is 11.6 Å². The molecule has 0 atom stereocenters. The summed E-state index contributed by atoms with van der Waals surface area (Å²) in [5.74, 6) is 0.268. The number of hydrogen-bond donors (Lipinski definition) is 2. The number of ether oxygens (including phenoxy) is 1. The van der Waals surface area contributed by atoms with Gasteiger partial charge in [-0.05, 0) is 12.1 Å². The van der Waals surface area contributed by atoms with Gasteiger partial charge in [0.2, 0.25) is 0 Å². The largest absolute Gasteiger partial charge is 0.506 e. The molecule has 4 heteroatoms. The van der Waals surface area contributed by atoms with Crippen molar-refractivity contribution in [3.63, 3.8) is 0 Å². The van der Waals surface area contributed by atoms with Crippen molar-refractivity contribution in [3.05, 3.63) is 22.7 Å². The first-order chi connectivity index (χ1) is 5.70. The number of rotatable bonds is 2. The van der Waals surface area contributed by atoms with Gasteiger partial charge in [0.05, 0.1) is 13.7 Å². The molecule has 1 aromatic carbocycles. The Hall–Kier alpha value is -0.930. The Labute approximate surface area is 75.2 Å². The van der Waals surface area contributed by atoms with Crippen molar-refractivity contribution in [2.24, 2.45) is 0 Å². The third-order valence-electron chi connectivity index (χ3n) is 1.55. The molecule has 3 nitrogen and oxygen atoms in total. The van der Waals surface area contributed by atoms with E-state index >= 15 is 0 Å². The smallest absolute Gasteiger partial charge is 0.143 e. The highest BCUT2D eigenvalue weighted by molar-refractivity contribution is 6.33. The molecule has 0 spiro atoms. The fourth-order valence-corrected chi connectivity index (χ4v) is 1.13. The van der Waals surface area contributed by atoms with Gasteiger partial charge in [0.1, 0.15) is 16.5 Å². The second kappa shape index (κ2) is 3.65. The first-order valence-corrected chi connectivity index (χ1v) is 3.73. The molecule has 1 aromatic rings. The van der Waals surface area contributed by atoms with Crippen LogP contribution in [0.25, 0.3) is 0 Å². The predicted molar refractivity (Wildman–Crippen MR) is 45.6 cm³/mol. The quantitative estimate of drug-likeness (QED) is 0.741. The number of aliphatic hydroxyl groups is 1. The normalized spacial score (nSPS) is 9.92. The van der Waals surface area contributed by atoms with Gasteiger partial charge in [-0.15, -0.1) is 0 Å². The van der Waals surface area contributed by atoms with Crippen molar-refractivity contribution in [2.75, 3.05) is 7.11 Å². The number of aliphatic hydroxyl groups excluding tert-OH is 1. The van der Waals surface area contributed by atoms with Crippen LogP contribution in [0.4, 0.5) is 0 Å². The lowest BCUT2D eigenvalue weighted by Crippen LogP contribution is -1.89. The van der Waals surface area contributed by atoms with Gasteiger partial charge in [0, 0.05) is 5.56 Å². The summed E-state index contributed by atoms with van der Waals surface area (Å²) in [5.41, 5.74) is 0.390. The second-order valence-corrected chi connectivity index (χ2v) is 2.63. The van der Waals surface area contributed by atoms with Gasteiger partial charge in [-0.2, -0.15) is 0 Å². The number of phenols is 1. The third kappa shape index (κ3) is 1.47. The van der Waals surface area contributed by atoms with E-state index in [0.29, 0.717) is 11.3 Å². The molecule has 2 N–H and O–H groups in total. The Balaban J connectivity index is 3.20. The molecule has 0 heterocycles. The summed E-state index contributed by atoms with van der Waals surface area (Å²) >= 11 is 5.69. The minimum atomic E-state index is -0.241. The van der Waals surface area contributed by atoms with Crippen molar-refractivity contribution in [1.29, 1.82) is 0 Å². The highest BCUT2D eigenvalue weighted by Crippen LogP contribution is 2.35. The summed E-state index contributed by atoms with van der Waals surface area (Å²) in [6.07, 6.45) is 0. The van der Waals surface area contributed by atoms with E-state index in [9.17, 15) is 5.11 Å². The third-order valence-corrected chi connectivity index (χ3v) is 1.92. The SMILES string of the molecule is COc1ccc(CO)c(O)c1Cl. The molecule has 0 aliphatic carbocycles. The molecule has 0 aliphatic rings. The maximum Gasteiger partial charge on any atom is 0.143 e. The van der Waals surface area contributed by atoms with E-state index in [2.05, 4.69) is 0 Å². The molecule has 0 aliphatic heterocycles. The Morgan fingerprint density at radius 2 is 2.17 bits per heavy atom. The van der Waals surface area contributed by atoms with E-state index in [0.717, 1.165) is 0 Å². The van der Waals surface area contributed by atoms with E-state index in [1.807, 2.05) is 0 Å². The zero-order valence-electron chi connectivity index (χ0n) is 6.54. The first kappa shape index (κ1) is 9.16. The fourth-order valence-electron chi connectivity index (χ4n) is 0.871. The molecular formula is C8H9ClO3. The molecule has 0 radical (unpaired) electrons. The molecule has 0 aromatic heterocycles. The summed E-state index contributed by atoms with van der Waals surface area (Å²) in [6, 6.07) is 3.15. The maximum atomic E-state index is 9.34. The van der Waals surface area contributed by atoms with Gasteiger partial charge in [0.25, 0.3) is 0 Å². The van der Waals surface area contributed by atoms with E-state index in [-0.39, 0.29) is 17.4 Å². The molecule has 0 bridgehead atoms. The van der Waals surface area contributed by atoms with Crippen molar-refractivity contribution in [3.8, 4) is 11.5 Å². The van der Waals surface area contributed by atoms with Crippen LogP contribution in [0, 0.1) is 0 Å². The topological polar surface area (TPSA) is 49.7 Å². The highest BCUT2D eigenvalue weighted by Gasteiger charge is 2.09. The average Bonchev–Trinajstić information content (AvgIpc) is 2.10. The van der Waals surface area contributed by atoms with Gasteiger partial charge in [-0.3, -0.25) is 0 Å². The maximum absolute atomic E-state index is 9.34. The van der Waals surface area contributed by atoms with Crippen LogP contribution in [0.5, 0.6) is 11.5 Å². The standard InChI is InChI=1S/C8H9ClO3/c1-12-6-3-2-5(4-10)8(11)7(6)9/h2-3,10-11H,4H2,1H3. The van der Waals surface area contributed by atoms with Crippen LogP contribution in [-0.4, -0.2) is 17.3 Å². The average molecular weight is 189 g/mol. The molecule has 0 saturated heterocycles. The number of benzene rings is 1. The predicted octanol–water partition coefficient (Wildman–Crippen LogP) is 1.55. The summed E-state index contributed by atoms with van der Waals surface area (Å²) in [4.78, 5) is 0.